The maximum Gasteiger partial charge on any atom is 0.192 e. The van der Waals surface area contributed by atoms with Crippen molar-refractivity contribution >= 4 is 5.96 Å². The smallest absolute Gasteiger partial charge is 0.192 e. The summed E-state index contributed by atoms with van der Waals surface area (Å²) in [5.41, 5.74) is 6.18. The van der Waals surface area contributed by atoms with E-state index in [2.05, 4.69) is 30.3 Å². The largest absolute Gasteiger partial charge is 0.370 e. The van der Waals surface area contributed by atoms with Crippen LogP contribution in [-0.4, -0.2) is 29.5 Å². The molecule has 3 nitrogen and oxygen atoms in total. The lowest BCUT2D eigenvalue weighted by molar-refractivity contribution is 0.0910. The minimum Gasteiger partial charge on any atom is -0.370 e. The SMILES string of the molecule is C=CCN1C(N)=NCC12CC(C)CC(C)C2. The standard InChI is InChI=1S/C13H23N3/c1-4-5-16-12(14)15-9-13(16)7-10(2)6-11(3)8-13/h4,10-11H,1,5-9H2,2-3H3,(H2,14,15). The molecule has 2 rings (SSSR count). The quantitative estimate of drug-likeness (QED) is 0.725. The molecule has 2 unspecified atom stereocenters. The van der Waals surface area contributed by atoms with Crippen LogP contribution in [0.3, 0.4) is 0 Å². The van der Waals surface area contributed by atoms with E-state index in [0.717, 1.165) is 24.9 Å². The van der Waals surface area contributed by atoms with Crippen molar-refractivity contribution in [2.24, 2.45) is 22.6 Å². The summed E-state index contributed by atoms with van der Waals surface area (Å²) in [5.74, 6) is 2.26. The molecule has 1 spiro atoms. The summed E-state index contributed by atoms with van der Waals surface area (Å²) >= 11 is 0. The molecule has 1 fully saturated rings. The van der Waals surface area contributed by atoms with Gasteiger partial charge in [0.05, 0.1) is 12.1 Å². The van der Waals surface area contributed by atoms with E-state index in [1.165, 1.54) is 19.3 Å². The van der Waals surface area contributed by atoms with Crippen LogP contribution in [0.15, 0.2) is 17.6 Å². The molecular formula is C13H23N3. The molecule has 0 aromatic rings. The summed E-state index contributed by atoms with van der Waals surface area (Å²) in [6.07, 6.45) is 5.70. The summed E-state index contributed by atoms with van der Waals surface area (Å²) in [5, 5.41) is 0. The van der Waals surface area contributed by atoms with Gasteiger partial charge >= 0.3 is 0 Å². The van der Waals surface area contributed by atoms with Gasteiger partial charge in [0.1, 0.15) is 0 Å². The van der Waals surface area contributed by atoms with Crippen LogP contribution in [0.25, 0.3) is 0 Å². The molecule has 16 heavy (non-hydrogen) atoms. The van der Waals surface area contributed by atoms with Crippen LogP contribution in [0.4, 0.5) is 0 Å². The fourth-order valence-corrected chi connectivity index (χ4v) is 3.64. The van der Waals surface area contributed by atoms with Gasteiger partial charge in [-0.1, -0.05) is 19.9 Å². The lowest BCUT2D eigenvalue weighted by atomic mass is 9.71. The first-order valence-corrected chi connectivity index (χ1v) is 6.26. The molecule has 2 atom stereocenters. The monoisotopic (exact) mass is 221 g/mol. The lowest BCUT2D eigenvalue weighted by Gasteiger charge is -2.46. The van der Waals surface area contributed by atoms with E-state index in [-0.39, 0.29) is 5.54 Å². The normalized spacial score (nSPS) is 38.9. The Hall–Kier alpha value is -0.990. The highest BCUT2D eigenvalue weighted by Gasteiger charge is 2.45. The fourth-order valence-electron chi connectivity index (χ4n) is 3.64. The third-order valence-corrected chi connectivity index (χ3v) is 3.96. The third-order valence-electron chi connectivity index (χ3n) is 3.96. The second-order valence-electron chi connectivity index (χ2n) is 5.65. The Kier molecular flexibility index (Phi) is 2.96. The summed E-state index contributed by atoms with van der Waals surface area (Å²) in [6, 6.07) is 0. The van der Waals surface area contributed by atoms with Gasteiger partial charge in [0, 0.05) is 6.54 Å². The first-order valence-electron chi connectivity index (χ1n) is 6.26. The molecule has 2 aliphatic rings. The van der Waals surface area contributed by atoms with Crippen molar-refractivity contribution in [3.63, 3.8) is 0 Å². The van der Waals surface area contributed by atoms with Crippen LogP contribution >= 0.6 is 0 Å². The van der Waals surface area contributed by atoms with Crippen LogP contribution in [0.1, 0.15) is 33.1 Å². The second-order valence-corrected chi connectivity index (χ2v) is 5.65. The number of rotatable bonds is 2. The van der Waals surface area contributed by atoms with Crippen molar-refractivity contribution in [1.82, 2.24) is 4.90 Å². The average molecular weight is 221 g/mol. The Bertz CT molecular complexity index is 298. The zero-order chi connectivity index (χ0) is 11.8. The van der Waals surface area contributed by atoms with E-state index < -0.39 is 0 Å². The average Bonchev–Trinajstić information content (AvgIpc) is 2.46. The molecule has 0 saturated heterocycles. The van der Waals surface area contributed by atoms with Crippen LogP contribution in [0, 0.1) is 11.8 Å². The Morgan fingerprint density at radius 2 is 2.12 bits per heavy atom. The van der Waals surface area contributed by atoms with Gasteiger partial charge in [-0.05, 0) is 31.1 Å². The van der Waals surface area contributed by atoms with Gasteiger partial charge in [0.15, 0.2) is 5.96 Å². The number of guanidine groups is 1. The summed E-state index contributed by atoms with van der Waals surface area (Å²) in [7, 11) is 0. The highest BCUT2D eigenvalue weighted by molar-refractivity contribution is 5.81. The summed E-state index contributed by atoms with van der Waals surface area (Å²) in [4.78, 5) is 6.72. The molecule has 1 saturated carbocycles. The van der Waals surface area contributed by atoms with Crippen LogP contribution < -0.4 is 5.73 Å². The number of nitrogens with two attached hydrogens (primary N) is 1. The Balaban J connectivity index is 2.20. The van der Waals surface area contributed by atoms with Crippen molar-refractivity contribution in [1.29, 1.82) is 0 Å². The van der Waals surface area contributed by atoms with Gasteiger partial charge in [0.2, 0.25) is 0 Å². The van der Waals surface area contributed by atoms with E-state index >= 15 is 0 Å². The lowest BCUT2D eigenvalue weighted by Crippen LogP contribution is -2.55. The van der Waals surface area contributed by atoms with Gasteiger partial charge in [-0.15, -0.1) is 6.58 Å². The third kappa shape index (κ3) is 1.83. The molecule has 0 amide bonds. The fraction of sp³-hybridized carbons (Fsp3) is 0.769. The number of aliphatic imine (C=N–C) groups is 1. The molecule has 0 radical (unpaired) electrons. The Morgan fingerprint density at radius 1 is 1.50 bits per heavy atom. The Labute approximate surface area is 98.4 Å². The summed E-state index contributed by atoms with van der Waals surface area (Å²) < 4.78 is 0. The van der Waals surface area contributed by atoms with Crippen molar-refractivity contribution in [2.45, 2.75) is 38.6 Å². The molecule has 0 aromatic heterocycles. The predicted octanol–water partition coefficient (Wildman–Crippen LogP) is 2.00. The zero-order valence-electron chi connectivity index (χ0n) is 10.4. The Morgan fingerprint density at radius 3 is 2.69 bits per heavy atom. The van der Waals surface area contributed by atoms with Gasteiger partial charge < -0.3 is 10.6 Å². The van der Waals surface area contributed by atoms with Gasteiger partial charge in [-0.2, -0.15) is 0 Å². The van der Waals surface area contributed by atoms with Gasteiger partial charge in [0.25, 0.3) is 0 Å². The number of hydrogen-bond acceptors (Lipinski definition) is 3. The van der Waals surface area contributed by atoms with E-state index in [9.17, 15) is 0 Å². The van der Waals surface area contributed by atoms with Gasteiger partial charge in [-0.3, -0.25) is 4.99 Å². The molecule has 1 heterocycles. The molecule has 1 aliphatic heterocycles. The summed E-state index contributed by atoms with van der Waals surface area (Å²) in [6.45, 7) is 10.2. The molecule has 2 N–H and O–H groups in total. The van der Waals surface area contributed by atoms with E-state index in [4.69, 9.17) is 5.73 Å². The highest BCUT2D eigenvalue weighted by Crippen LogP contribution is 2.42. The van der Waals surface area contributed by atoms with Crippen molar-refractivity contribution < 1.29 is 0 Å². The molecule has 90 valence electrons. The van der Waals surface area contributed by atoms with Crippen LogP contribution in [0.2, 0.25) is 0 Å². The molecule has 1 aliphatic carbocycles. The van der Waals surface area contributed by atoms with Crippen molar-refractivity contribution in [3.8, 4) is 0 Å². The molecule has 3 heteroatoms. The first-order chi connectivity index (χ1) is 7.57. The zero-order valence-corrected chi connectivity index (χ0v) is 10.4. The first kappa shape index (κ1) is 11.5. The molecular weight excluding hydrogens is 198 g/mol. The highest BCUT2D eigenvalue weighted by atomic mass is 15.4. The van der Waals surface area contributed by atoms with Crippen molar-refractivity contribution in [2.75, 3.05) is 13.1 Å². The topological polar surface area (TPSA) is 41.6 Å². The van der Waals surface area contributed by atoms with Gasteiger partial charge in [-0.25, -0.2) is 0 Å². The predicted molar refractivity (Wildman–Crippen MR) is 68.3 cm³/mol. The van der Waals surface area contributed by atoms with Crippen molar-refractivity contribution in [3.05, 3.63) is 12.7 Å². The molecule has 0 aromatic carbocycles. The molecule has 0 bridgehead atoms. The van der Waals surface area contributed by atoms with E-state index in [0.29, 0.717) is 5.96 Å². The van der Waals surface area contributed by atoms with Crippen LogP contribution in [0.5, 0.6) is 0 Å². The van der Waals surface area contributed by atoms with Crippen LogP contribution in [-0.2, 0) is 0 Å². The maximum atomic E-state index is 5.99. The number of nitrogens with zero attached hydrogens (tertiary/aromatic N) is 2. The minimum absolute atomic E-state index is 0.190. The minimum atomic E-state index is 0.190. The van der Waals surface area contributed by atoms with E-state index in [1.54, 1.807) is 0 Å². The number of hydrogen-bond donors (Lipinski definition) is 1. The second kappa shape index (κ2) is 4.11. The maximum absolute atomic E-state index is 5.99. The van der Waals surface area contributed by atoms with E-state index in [1.807, 2.05) is 6.08 Å².